The lowest BCUT2D eigenvalue weighted by Gasteiger charge is -2.46. The van der Waals surface area contributed by atoms with E-state index in [1.165, 1.54) is 6.07 Å². The van der Waals surface area contributed by atoms with Crippen molar-refractivity contribution in [1.29, 1.82) is 0 Å². The van der Waals surface area contributed by atoms with Crippen molar-refractivity contribution in [2.75, 3.05) is 26.8 Å². The van der Waals surface area contributed by atoms with Crippen LogP contribution in [-0.4, -0.2) is 75.2 Å². The molecule has 10 nitrogen and oxygen atoms in total. The Balaban J connectivity index is 1.50. The Morgan fingerprint density at radius 1 is 1.21 bits per heavy atom. The highest BCUT2D eigenvalue weighted by Crippen LogP contribution is 2.53. The van der Waals surface area contributed by atoms with Gasteiger partial charge in [0.05, 0.1) is 5.56 Å². The molecule has 3 aliphatic carbocycles. The van der Waals surface area contributed by atoms with E-state index in [-0.39, 0.29) is 36.1 Å². The van der Waals surface area contributed by atoms with Crippen molar-refractivity contribution in [3.05, 3.63) is 44.7 Å². The van der Waals surface area contributed by atoms with Crippen LogP contribution in [0.25, 0.3) is 5.76 Å². The van der Waals surface area contributed by atoms with Gasteiger partial charge in [-0.15, -0.1) is 0 Å². The van der Waals surface area contributed by atoms with Gasteiger partial charge >= 0.3 is 0 Å². The smallest absolute Gasteiger partial charge is 0.255 e. The van der Waals surface area contributed by atoms with Crippen LogP contribution in [0.4, 0.5) is 0 Å². The molecule has 1 aromatic carbocycles. The molecule has 0 spiro atoms. The number of rotatable bonds is 5. The third-order valence-electron chi connectivity index (χ3n) is 8.58. The Hall–Kier alpha value is -2.92. The monoisotopic (exact) mass is 546 g/mol. The molecule has 11 heteroatoms. The van der Waals surface area contributed by atoms with E-state index in [1.807, 2.05) is 0 Å². The van der Waals surface area contributed by atoms with Crippen LogP contribution in [0.5, 0.6) is 5.75 Å². The minimum absolute atomic E-state index is 0.00434. The standard InChI is InChI=1S/C27H31ClN2O8/c1-38-11-12-2-4-30(5-3-12)10-14-8-17(31)20-16(22(14)28)7-13-6-15-9-18(32)21(26(29)36)25(35)27(15,37)24(34)19(13)23(20)33/h8,12-13,15,31,33,35,37H,2-7,9-11H2,1H3,(H2,29,36)/t13?,15-,27-/m0/s1. The van der Waals surface area contributed by atoms with E-state index in [0.29, 0.717) is 28.6 Å². The molecule has 1 heterocycles. The maximum atomic E-state index is 13.6. The molecule has 1 unspecified atom stereocenters. The fourth-order valence-corrected chi connectivity index (χ4v) is 6.91. The average Bonchev–Trinajstić information content (AvgIpc) is 2.85. The fourth-order valence-electron chi connectivity index (χ4n) is 6.63. The first-order valence-electron chi connectivity index (χ1n) is 12.7. The van der Waals surface area contributed by atoms with Crippen LogP contribution in [-0.2, 0) is 32.1 Å². The van der Waals surface area contributed by atoms with E-state index in [2.05, 4.69) is 4.90 Å². The number of primary amides is 1. The second-order valence-corrected chi connectivity index (χ2v) is 11.2. The number of benzene rings is 1. The number of piperidine rings is 1. The highest BCUT2D eigenvalue weighted by atomic mass is 35.5. The molecule has 3 atom stereocenters. The van der Waals surface area contributed by atoms with Crippen LogP contribution >= 0.6 is 11.6 Å². The number of halogens is 1. The molecule has 1 saturated heterocycles. The molecule has 0 aromatic heterocycles. The van der Waals surface area contributed by atoms with E-state index in [0.717, 1.165) is 32.5 Å². The number of phenolic OH excluding ortho intramolecular Hbond substituents is 1. The summed E-state index contributed by atoms with van der Waals surface area (Å²) in [6.07, 6.45) is 1.87. The maximum Gasteiger partial charge on any atom is 0.255 e. The topological polar surface area (TPSA) is 171 Å². The predicted octanol–water partition coefficient (Wildman–Crippen LogP) is 1.94. The van der Waals surface area contributed by atoms with Crippen molar-refractivity contribution in [3.8, 4) is 5.75 Å². The zero-order valence-electron chi connectivity index (χ0n) is 21.0. The Bertz CT molecular complexity index is 1300. The van der Waals surface area contributed by atoms with Gasteiger partial charge in [0.15, 0.2) is 11.4 Å². The highest BCUT2D eigenvalue weighted by Gasteiger charge is 2.60. The van der Waals surface area contributed by atoms with Gasteiger partial charge in [0, 0.05) is 43.2 Å². The molecule has 0 radical (unpaired) electrons. The van der Waals surface area contributed by atoms with Gasteiger partial charge in [-0.1, -0.05) is 11.6 Å². The molecule has 204 valence electrons. The molecular formula is C27H31ClN2O8. The second-order valence-electron chi connectivity index (χ2n) is 10.8. The summed E-state index contributed by atoms with van der Waals surface area (Å²) < 4.78 is 5.26. The summed E-state index contributed by atoms with van der Waals surface area (Å²) in [5.74, 6) is -6.03. The Labute approximate surface area is 224 Å². The van der Waals surface area contributed by atoms with E-state index in [9.17, 15) is 34.8 Å². The molecule has 1 aliphatic heterocycles. The minimum Gasteiger partial charge on any atom is -0.508 e. The molecule has 5 rings (SSSR count). The van der Waals surface area contributed by atoms with Crippen LogP contribution in [0.2, 0.25) is 5.02 Å². The summed E-state index contributed by atoms with van der Waals surface area (Å²) in [5.41, 5.74) is 2.83. The Kier molecular flexibility index (Phi) is 6.79. The molecule has 6 N–H and O–H groups in total. The summed E-state index contributed by atoms with van der Waals surface area (Å²) >= 11 is 6.82. The van der Waals surface area contributed by atoms with Crippen LogP contribution in [0.1, 0.15) is 42.4 Å². The maximum absolute atomic E-state index is 13.6. The second kappa shape index (κ2) is 9.68. The van der Waals surface area contributed by atoms with Crippen molar-refractivity contribution < 1.29 is 39.5 Å². The SMILES string of the molecule is COCC1CCN(Cc2cc(O)c3c(c2Cl)CC2C[C@H]4CC(=O)C(C(N)=O)=C(O)[C@@]4(O)C(=O)C2=C3O)CC1. The number of ether oxygens (including phenoxy) is 1. The largest absolute Gasteiger partial charge is 0.508 e. The first kappa shape index (κ1) is 26.7. The van der Waals surface area contributed by atoms with E-state index in [4.69, 9.17) is 22.1 Å². The van der Waals surface area contributed by atoms with Crippen molar-refractivity contribution in [1.82, 2.24) is 4.90 Å². The number of fused-ring (bicyclic) bond motifs is 3. The number of nitrogens with two attached hydrogens (primary N) is 1. The number of aromatic hydroxyl groups is 1. The van der Waals surface area contributed by atoms with Gasteiger partial charge in [0.25, 0.3) is 5.91 Å². The number of amides is 1. The minimum atomic E-state index is -2.58. The lowest BCUT2D eigenvalue weighted by molar-refractivity contribution is -0.147. The van der Waals surface area contributed by atoms with Gasteiger partial charge in [-0.2, -0.15) is 0 Å². The van der Waals surface area contributed by atoms with Crippen molar-refractivity contribution >= 4 is 34.8 Å². The number of hydrogen-bond donors (Lipinski definition) is 5. The van der Waals surface area contributed by atoms with Gasteiger partial charge < -0.3 is 30.9 Å². The van der Waals surface area contributed by atoms with Gasteiger partial charge in [-0.05, 0) is 67.8 Å². The molecular weight excluding hydrogens is 516 g/mol. The number of carbonyl (C=O) groups excluding carboxylic acids is 3. The number of aliphatic hydroxyl groups is 3. The van der Waals surface area contributed by atoms with Crippen molar-refractivity contribution in [2.24, 2.45) is 23.5 Å². The zero-order valence-corrected chi connectivity index (χ0v) is 21.8. The number of aliphatic hydroxyl groups excluding tert-OH is 2. The van der Waals surface area contributed by atoms with Gasteiger partial charge in [-0.25, -0.2) is 0 Å². The van der Waals surface area contributed by atoms with Gasteiger partial charge in [-0.3, -0.25) is 19.3 Å². The molecule has 2 fully saturated rings. The van der Waals surface area contributed by atoms with Gasteiger partial charge in [0.1, 0.15) is 22.8 Å². The van der Waals surface area contributed by atoms with E-state index < -0.39 is 52.0 Å². The van der Waals surface area contributed by atoms with E-state index >= 15 is 0 Å². The Morgan fingerprint density at radius 3 is 2.53 bits per heavy atom. The molecule has 1 aromatic rings. The fraction of sp³-hybridized carbons (Fsp3) is 0.519. The van der Waals surface area contributed by atoms with Gasteiger partial charge in [0.2, 0.25) is 5.78 Å². The number of Topliss-reactive ketones (excluding diaryl/α,β-unsaturated/α-hetero) is 2. The van der Waals surface area contributed by atoms with Crippen LogP contribution < -0.4 is 5.73 Å². The van der Waals surface area contributed by atoms with Crippen molar-refractivity contribution in [3.63, 3.8) is 0 Å². The van der Waals surface area contributed by atoms with Crippen LogP contribution in [0, 0.1) is 17.8 Å². The third kappa shape index (κ3) is 4.02. The number of methoxy groups -OCH3 is 1. The van der Waals surface area contributed by atoms with Crippen LogP contribution in [0.15, 0.2) is 23.0 Å². The summed E-state index contributed by atoms with van der Waals surface area (Å²) in [4.78, 5) is 40.1. The summed E-state index contributed by atoms with van der Waals surface area (Å²) in [6.45, 7) is 2.94. The average molecular weight is 547 g/mol. The lowest BCUT2D eigenvalue weighted by atomic mass is 9.59. The number of hydrogen-bond acceptors (Lipinski definition) is 9. The zero-order chi connectivity index (χ0) is 27.5. The van der Waals surface area contributed by atoms with Crippen LogP contribution in [0.3, 0.4) is 0 Å². The number of phenols is 1. The first-order valence-corrected chi connectivity index (χ1v) is 13.1. The van der Waals surface area contributed by atoms with Crippen molar-refractivity contribution in [2.45, 2.75) is 44.2 Å². The quantitative estimate of drug-likeness (QED) is 0.346. The lowest BCUT2D eigenvalue weighted by Crippen LogP contribution is -2.58. The normalized spacial score (nSPS) is 28.3. The molecule has 1 amide bonds. The number of ketones is 2. The number of carbonyl (C=O) groups is 3. The predicted molar refractivity (Wildman–Crippen MR) is 136 cm³/mol. The molecule has 4 aliphatic rings. The highest BCUT2D eigenvalue weighted by molar-refractivity contribution is 6.32. The first-order chi connectivity index (χ1) is 18.0. The molecule has 0 bridgehead atoms. The summed E-state index contributed by atoms with van der Waals surface area (Å²) in [6, 6.07) is 1.48. The number of nitrogens with zero attached hydrogens (tertiary/aromatic N) is 1. The molecule has 38 heavy (non-hydrogen) atoms. The molecule has 1 saturated carbocycles. The summed E-state index contributed by atoms with van der Waals surface area (Å²) in [5, 5.41) is 44.5. The Morgan fingerprint density at radius 2 is 1.89 bits per heavy atom. The summed E-state index contributed by atoms with van der Waals surface area (Å²) in [7, 11) is 1.70. The number of likely N-dealkylation sites (tertiary alicyclic amines) is 1. The van der Waals surface area contributed by atoms with E-state index in [1.54, 1.807) is 7.11 Å². The third-order valence-corrected chi connectivity index (χ3v) is 9.05.